The number of benzene rings is 2. The standard InChI is InChI=1S/C22H22FN3O3/c1-15-3-4-16(2)19(13-15)20-9-10-22(28)26(25-20)14-21(27)24-11-12-29-18-7-5-17(23)6-8-18/h3-10,13H,11-12,14H2,1-2H3,(H,24,27). The second-order valence-corrected chi connectivity index (χ2v) is 6.69. The Balaban J connectivity index is 1.59. The third-order valence-corrected chi connectivity index (χ3v) is 4.34. The summed E-state index contributed by atoms with van der Waals surface area (Å²) in [5.74, 6) is -0.174. The van der Waals surface area contributed by atoms with Crippen molar-refractivity contribution in [3.8, 4) is 17.0 Å². The minimum atomic E-state index is -0.350. The number of nitrogens with zero attached hydrogens (tertiary/aromatic N) is 2. The van der Waals surface area contributed by atoms with Crippen molar-refractivity contribution in [2.24, 2.45) is 0 Å². The van der Waals surface area contributed by atoms with E-state index in [0.29, 0.717) is 11.4 Å². The zero-order valence-electron chi connectivity index (χ0n) is 16.3. The number of nitrogens with one attached hydrogen (secondary N) is 1. The van der Waals surface area contributed by atoms with Gasteiger partial charge in [-0.15, -0.1) is 0 Å². The lowest BCUT2D eigenvalue weighted by Gasteiger charge is -2.11. The van der Waals surface area contributed by atoms with Gasteiger partial charge in [-0.25, -0.2) is 9.07 Å². The molecule has 1 N–H and O–H groups in total. The number of hydrogen-bond acceptors (Lipinski definition) is 4. The summed E-state index contributed by atoms with van der Waals surface area (Å²) in [6.07, 6.45) is 0. The predicted molar refractivity (Wildman–Crippen MR) is 108 cm³/mol. The van der Waals surface area contributed by atoms with Gasteiger partial charge in [-0.2, -0.15) is 5.10 Å². The Hall–Kier alpha value is -3.48. The van der Waals surface area contributed by atoms with Crippen molar-refractivity contribution < 1.29 is 13.9 Å². The zero-order valence-corrected chi connectivity index (χ0v) is 16.3. The van der Waals surface area contributed by atoms with Gasteiger partial charge in [-0.05, 0) is 55.8 Å². The van der Waals surface area contributed by atoms with Gasteiger partial charge in [0.05, 0.1) is 12.2 Å². The molecule has 0 fully saturated rings. The Morgan fingerprint density at radius 1 is 1.10 bits per heavy atom. The molecule has 0 spiro atoms. The topological polar surface area (TPSA) is 73.2 Å². The van der Waals surface area contributed by atoms with E-state index in [1.54, 1.807) is 6.07 Å². The number of halogens is 1. The van der Waals surface area contributed by atoms with Crippen molar-refractivity contribution in [1.82, 2.24) is 15.1 Å². The smallest absolute Gasteiger partial charge is 0.267 e. The number of aromatic nitrogens is 2. The second kappa shape index (κ2) is 9.14. The fourth-order valence-electron chi connectivity index (χ4n) is 2.80. The molecule has 29 heavy (non-hydrogen) atoms. The van der Waals surface area contributed by atoms with Crippen molar-refractivity contribution in [1.29, 1.82) is 0 Å². The van der Waals surface area contributed by atoms with Gasteiger partial charge in [0, 0.05) is 11.6 Å². The van der Waals surface area contributed by atoms with E-state index in [9.17, 15) is 14.0 Å². The Bertz CT molecular complexity index is 1060. The summed E-state index contributed by atoms with van der Waals surface area (Å²) in [6, 6.07) is 14.7. The molecule has 0 bridgehead atoms. The van der Waals surface area contributed by atoms with Crippen LogP contribution in [0, 0.1) is 19.7 Å². The molecule has 1 amide bonds. The van der Waals surface area contributed by atoms with E-state index < -0.39 is 0 Å². The largest absolute Gasteiger partial charge is 0.492 e. The maximum absolute atomic E-state index is 12.9. The van der Waals surface area contributed by atoms with E-state index >= 15 is 0 Å². The molecule has 1 heterocycles. The van der Waals surface area contributed by atoms with Crippen LogP contribution in [0.5, 0.6) is 5.75 Å². The van der Waals surface area contributed by atoms with Crippen LogP contribution in [0.4, 0.5) is 4.39 Å². The molecule has 6 nitrogen and oxygen atoms in total. The van der Waals surface area contributed by atoms with Gasteiger partial charge >= 0.3 is 0 Å². The molecule has 0 saturated carbocycles. The minimum Gasteiger partial charge on any atom is -0.492 e. The summed E-state index contributed by atoms with van der Waals surface area (Å²) in [5, 5.41) is 7.03. The average Bonchev–Trinajstić information content (AvgIpc) is 2.70. The van der Waals surface area contributed by atoms with Crippen LogP contribution in [0.25, 0.3) is 11.3 Å². The minimum absolute atomic E-state index is 0.186. The summed E-state index contributed by atoms with van der Waals surface area (Å²) >= 11 is 0. The molecule has 0 aliphatic rings. The zero-order chi connectivity index (χ0) is 20.8. The van der Waals surface area contributed by atoms with Crippen molar-refractivity contribution in [2.75, 3.05) is 13.2 Å². The third kappa shape index (κ3) is 5.51. The lowest BCUT2D eigenvalue weighted by atomic mass is 10.0. The number of ether oxygens (including phenoxy) is 1. The Labute approximate surface area is 168 Å². The quantitative estimate of drug-likeness (QED) is 0.625. The molecule has 3 aromatic rings. The molecular weight excluding hydrogens is 373 g/mol. The molecule has 0 radical (unpaired) electrons. The van der Waals surface area contributed by atoms with E-state index in [1.165, 1.54) is 30.3 Å². The maximum Gasteiger partial charge on any atom is 0.267 e. The first-order valence-electron chi connectivity index (χ1n) is 9.23. The lowest BCUT2D eigenvalue weighted by molar-refractivity contribution is -0.122. The summed E-state index contributed by atoms with van der Waals surface area (Å²) < 4.78 is 19.4. The highest BCUT2D eigenvalue weighted by Gasteiger charge is 2.09. The number of hydrogen-bond donors (Lipinski definition) is 1. The summed E-state index contributed by atoms with van der Waals surface area (Å²) in [7, 11) is 0. The SMILES string of the molecule is Cc1ccc(C)c(-c2ccc(=O)n(CC(=O)NCCOc3ccc(F)cc3)n2)c1. The second-order valence-electron chi connectivity index (χ2n) is 6.69. The first kappa shape index (κ1) is 20.3. The van der Waals surface area contributed by atoms with Crippen molar-refractivity contribution in [3.63, 3.8) is 0 Å². The molecule has 1 aromatic heterocycles. The molecule has 0 saturated heterocycles. The molecule has 0 aliphatic heterocycles. The van der Waals surface area contributed by atoms with Crippen LogP contribution >= 0.6 is 0 Å². The van der Waals surface area contributed by atoms with Crippen LogP contribution in [-0.4, -0.2) is 28.8 Å². The highest BCUT2D eigenvalue weighted by atomic mass is 19.1. The van der Waals surface area contributed by atoms with Gasteiger partial charge in [0.1, 0.15) is 24.7 Å². The Kier molecular flexibility index (Phi) is 6.39. The molecule has 3 rings (SSSR count). The van der Waals surface area contributed by atoms with Crippen molar-refractivity contribution >= 4 is 5.91 Å². The summed E-state index contributed by atoms with van der Waals surface area (Å²) in [4.78, 5) is 24.3. The van der Waals surface area contributed by atoms with Gasteiger partial charge in [-0.3, -0.25) is 9.59 Å². The van der Waals surface area contributed by atoms with Gasteiger partial charge in [0.15, 0.2) is 0 Å². The highest BCUT2D eigenvalue weighted by Crippen LogP contribution is 2.21. The molecule has 0 atom stereocenters. The van der Waals surface area contributed by atoms with E-state index in [4.69, 9.17) is 4.74 Å². The van der Waals surface area contributed by atoms with E-state index in [0.717, 1.165) is 21.4 Å². The molecule has 2 aromatic carbocycles. The van der Waals surface area contributed by atoms with Crippen LogP contribution in [0.2, 0.25) is 0 Å². The highest BCUT2D eigenvalue weighted by molar-refractivity contribution is 5.75. The Morgan fingerprint density at radius 3 is 2.62 bits per heavy atom. The van der Waals surface area contributed by atoms with Crippen LogP contribution in [0.3, 0.4) is 0 Å². The number of aryl methyl sites for hydroxylation is 2. The Morgan fingerprint density at radius 2 is 1.86 bits per heavy atom. The van der Waals surface area contributed by atoms with E-state index in [1.807, 2.05) is 32.0 Å². The molecule has 150 valence electrons. The normalized spacial score (nSPS) is 10.6. The monoisotopic (exact) mass is 395 g/mol. The first-order chi connectivity index (χ1) is 13.9. The first-order valence-corrected chi connectivity index (χ1v) is 9.23. The lowest BCUT2D eigenvalue weighted by Crippen LogP contribution is -2.35. The molecular formula is C22H22FN3O3. The molecule has 0 aliphatic carbocycles. The van der Waals surface area contributed by atoms with Gasteiger partial charge in [0.2, 0.25) is 5.91 Å². The number of rotatable bonds is 7. The summed E-state index contributed by atoms with van der Waals surface area (Å²) in [6.45, 7) is 4.25. The number of carbonyl (C=O) groups is 1. The summed E-state index contributed by atoms with van der Waals surface area (Å²) in [5.41, 5.74) is 3.33. The van der Waals surface area contributed by atoms with Crippen molar-refractivity contribution in [3.05, 3.63) is 81.9 Å². The number of carbonyl (C=O) groups excluding carboxylic acids is 1. The van der Waals surface area contributed by atoms with Crippen LogP contribution in [0.15, 0.2) is 59.4 Å². The molecule has 0 unspecified atom stereocenters. The van der Waals surface area contributed by atoms with E-state index in [2.05, 4.69) is 10.4 Å². The van der Waals surface area contributed by atoms with Crippen LogP contribution < -0.4 is 15.6 Å². The fourth-order valence-corrected chi connectivity index (χ4v) is 2.80. The maximum atomic E-state index is 12.9. The van der Waals surface area contributed by atoms with Gasteiger partial charge < -0.3 is 10.1 Å². The molecule has 7 heteroatoms. The van der Waals surface area contributed by atoms with Gasteiger partial charge in [-0.1, -0.05) is 17.7 Å². The third-order valence-electron chi connectivity index (χ3n) is 4.34. The van der Waals surface area contributed by atoms with Crippen molar-refractivity contribution in [2.45, 2.75) is 20.4 Å². The van der Waals surface area contributed by atoms with E-state index in [-0.39, 0.29) is 37.0 Å². The number of amides is 1. The fraction of sp³-hybridized carbons (Fsp3) is 0.227. The predicted octanol–water partition coefficient (Wildman–Crippen LogP) is 2.86. The van der Waals surface area contributed by atoms with Gasteiger partial charge in [0.25, 0.3) is 5.56 Å². The van der Waals surface area contributed by atoms with Crippen LogP contribution in [-0.2, 0) is 11.3 Å². The average molecular weight is 395 g/mol. The van der Waals surface area contributed by atoms with Crippen LogP contribution in [0.1, 0.15) is 11.1 Å².